The first kappa shape index (κ1) is 7.19. The van der Waals surface area contributed by atoms with E-state index in [0.717, 1.165) is 0 Å². The molecule has 0 spiro atoms. The summed E-state index contributed by atoms with van der Waals surface area (Å²) in [6.07, 6.45) is 5.05. The maximum atomic E-state index is 10.3. The van der Waals surface area contributed by atoms with E-state index in [-0.39, 0.29) is 18.2 Å². The van der Waals surface area contributed by atoms with Crippen LogP contribution in [0, 0.1) is 12.3 Å². The first-order chi connectivity index (χ1) is 3.66. The van der Waals surface area contributed by atoms with Crippen molar-refractivity contribution in [3.8, 4) is 12.3 Å². The largest absolute Gasteiger partial charge is 0.328 e. The zero-order valence-electron chi connectivity index (χ0n) is 4.85. The number of hydrogen-bond acceptors (Lipinski definition) is 2. The van der Waals surface area contributed by atoms with E-state index < -0.39 is 0 Å². The van der Waals surface area contributed by atoms with Gasteiger partial charge in [0.05, 0.1) is 0 Å². The number of terminal acetylenes is 1. The molecule has 0 aliphatic heterocycles. The average Bonchev–Trinajstić information content (AvgIpc) is 1.65. The maximum absolute atomic E-state index is 10.3. The zero-order chi connectivity index (χ0) is 6.57. The van der Waals surface area contributed by atoms with Crippen LogP contribution in [0.4, 0.5) is 0 Å². The van der Waals surface area contributed by atoms with Gasteiger partial charge in [-0.25, -0.2) is 0 Å². The van der Waals surface area contributed by atoms with E-state index in [1.807, 2.05) is 5.92 Å². The lowest BCUT2D eigenvalue weighted by atomic mass is 10.2. The molecule has 0 heterocycles. The van der Waals surface area contributed by atoms with E-state index in [1.165, 1.54) is 0 Å². The van der Waals surface area contributed by atoms with Crippen molar-refractivity contribution in [2.75, 3.05) is 0 Å². The second kappa shape index (κ2) is 3.23. The minimum absolute atomic E-state index is 0.112. The number of rotatable bonds is 2. The standard InChI is InChI=1S/C6H9NO/c1-3-6(8)4-5(2)7/h1,5H,4,7H2,2H3. The lowest BCUT2D eigenvalue weighted by Crippen LogP contribution is -2.18. The Kier molecular flexibility index (Phi) is 2.90. The van der Waals surface area contributed by atoms with Crippen molar-refractivity contribution in [2.45, 2.75) is 19.4 Å². The molecule has 0 radical (unpaired) electrons. The first-order valence-electron chi connectivity index (χ1n) is 2.42. The predicted octanol–water partition coefficient (Wildman–Crippen LogP) is -0.0740. The Hall–Kier alpha value is -0.810. The van der Waals surface area contributed by atoms with Gasteiger partial charge in [0.15, 0.2) is 0 Å². The van der Waals surface area contributed by atoms with Gasteiger partial charge in [-0.2, -0.15) is 0 Å². The van der Waals surface area contributed by atoms with Crippen molar-refractivity contribution < 1.29 is 4.79 Å². The van der Waals surface area contributed by atoms with E-state index in [0.29, 0.717) is 0 Å². The summed E-state index contributed by atoms with van der Waals surface area (Å²) in [5, 5.41) is 0. The Bertz CT molecular complexity index is 121. The van der Waals surface area contributed by atoms with Crippen molar-refractivity contribution in [3.63, 3.8) is 0 Å². The van der Waals surface area contributed by atoms with Crippen molar-refractivity contribution in [1.82, 2.24) is 0 Å². The molecule has 0 bridgehead atoms. The van der Waals surface area contributed by atoms with E-state index in [2.05, 4.69) is 0 Å². The highest BCUT2D eigenvalue weighted by atomic mass is 16.1. The second-order valence-electron chi connectivity index (χ2n) is 1.75. The summed E-state index contributed by atoms with van der Waals surface area (Å²) in [5.74, 6) is 1.76. The van der Waals surface area contributed by atoms with Crippen molar-refractivity contribution in [2.24, 2.45) is 5.73 Å². The summed E-state index contributed by atoms with van der Waals surface area (Å²) in [4.78, 5) is 10.3. The topological polar surface area (TPSA) is 43.1 Å². The highest BCUT2D eigenvalue weighted by molar-refractivity contribution is 5.95. The van der Waals surface area contributed by atoms with Gasteiger partial charge in [0.1, 0.15) is 0 Å². The van der Waals surface area contributed by atoms with Crippen molar-refractivity contribution in [3.05, 3.63) is 0 Å². The van der Waals surface area contributed by atoms with Gasteiger partial charge in [-0.05, 0) is 12.8 Å². The number of ketones is 1. The Morgan fingerprint density at radius 2 is 2.50 bits per heavy atom. The Morgan fingerprint density at radius 3 is 2.62 bits per heavy atom. The lowest BCUT2D eigenvalue weighted by Gasteiger charge is -1.95. The van der Waals surface area contributed by atoms with Gasteiger partial charge in [0, 0.05) is 12.5 Å². The third-order valence-corrected chi connectivity index (χ3v) is 0.668. The molecule has 2 heteroatoms. The van der Waals surface area contributed by atoms with Gasteiger partial charge in [-0.15, -0.1) is 6.42 Å². The summed E-state index contributed by atoms with van der Waals surface area (Å²) in [6.45, 7) is 1.75. The predicted molar refractivity (Wildman–Crippen MR) is 32.1 cm³/mol. The Balaban J connectivity index is 3.44. The second-order valence-corrected chi connectivity index (χ2v) is 1.75. The number of nitrogens with two attached hydrogens (primary N) is 1. The SMILES string of the molecule is C#CC(=O)CC(C)N. The molecule has 8 heavy (non-hydrogen) atoms. The van der Waals surface area contributed by atoms with Gasteiger partial charge in [0.2, 0.25) is 5.78 Å². The number of carbonyl (C=O) groups is 1. The summed E-state index contributed by atoms with van der Waals surface area (Å²) in [5.41, 5.74) is 5.25. The van der Waals surface area contributed by atoms with Crippen LogP contribution in [0.2, 0.25) is 0 Å². The van der Waals surface area contributed by atoms with Gasteiger partial charge in [-0.3, -0.25) is 4.79 Å². The molecule has 0 saturated carbocycles. The van der Waals surface area contributed by atoms with Crippen LogP contribution in [0.1, 0.15) is 13.3 Å². The molecule has 0 rings (SSSR count). The molecule has 2 nitrogen and oxygen atoms in total. The van der Waals surface area contributed by atoms with Crippen LogP contribution in [-0.4, -0.2) is 11.8 Å². The average molecular weight is 111 g/mol. The fraction of sp³-hybridized carbons (Fsp3) is 0.500. The molecule has 44 valence electrons. The van der Waals surface area contributed by atoms with Crippen LogP contribution in [0.3, 0.4) is 0 Å². The summed E-state index contributed by atoms with van der Waals surface area (Å²) in [7, 11) is 0. The van der Waals surface area contributed by atoms with Gasteiger partial charge in [0.25, 0.3) is 0 Å². The van der Waals surface area contributed by atoms with E-state index in [1.54, 1.807) is 6.92 Å². The molecule has 1 unspecified atom stereocenters. The van der Waals surface area contributed by atoms with Gasteiger partial charge >= 0.3 is 0 Å². The molecule has 2 N–H and O–H groups in total. The summed E-state index contributed by atoms with van der Waals surface area (Å²) < 4.78 is 0. The lowest BCUT2D eigenvalue weighted by molar-refractivity contribution is -0.114. The molecule has 0 saturated heterocycles. The van der Waals surface area contributed by atoms with Crippen LogP contribution >= 0.6 is 0 Å². The Morgan fingerprint density at radius 1 is 2.00 bits per heavy atom. The van der Waals surface area contributed by atoms with Crippen LogP contribution in [0.5, 0.6) is 0 Å². The maximum Gasteiger partial charge on any atom is 0.206 e. The normalized spacial score (nSPS) is 12.1. The third-order valence-electron chi connectivity index (χ3n) is 0.668. The molecule has 0 aromatic rings. The molecule has 0 amide bonds. The van der Waals surface area contributed by atoms with Gasteiger partial charge < -0.3 is 5.73 Å². The Labute approximate surface area is 49.1 Å². The molecule has 0 aliphatic carbocycles. The summed E-state index contributed by atoms with van der Waals surface area (Å²) >= 11 is 0. The zero-order valence-corrected chi connectivity index (χ0v) is 4.85. The number of Topliss-reactive ketones (excluding diaryl/α,β-unsaturated/α-hetero) is 1. The van der Waals surface area contributed by atoms with Crippen LogP contribution in [-0.2, 0) is 4.79 Å². The van der Waals surface area contributed by atoms with E-state index >= 15 is 0 Å². The van der Waals surface area contributed by atoms with E-state index in [4.69, 9.17) is 12.2 Å². The third kappa shape index (κ3) is 3.38. The van der Waals surface area contributed by atoms with E-state index in [9.17, 15) is 4.79 Å². The molecule has 0 fully saturated rings. The van der Waals surface area contributed by atoms with Crippen molar-refractivity contribution in [1.29, 1.82) is 0 Å². The summed E-state index contributed by atoms with van der Waals surface area (Å²) in [6, 6.07) is -0.112. The number of carbonyl (C=O) groups excluding carboxylic acids is 1. The molecule has 1 atom stereocenters. The monoisotopic (exact) mass is 111 g/mol. The molecule has 0 aromatic carbocycles. The van der Waals surface area contributed by atoms with Gasteiger partial charge in [-0.1, -0.05) is 0 Å². The first-order valence-corrected chi connectivity index (χ1v) is 2.42. The number of hydrogen-bond donors (Lipinski definition) is 1. The highest BCUT2D eigenvalue weighted by Crippen LogP contribution is 1.84. The minimum Gasteiger partial charge on any atom is -0.328 e. The highest BCUT2D eigenvalue weighted by Gasteiger charge is 1.98. The fourth-order valence-electron chi connectivity index (χ4n) is 0.351. The molecular formula is C6H9NO. The molecule has 0 aromatic heterocycles. The van der Waals surface area contributed by atoms with Crippen molar-refractivity contribution >= 4 is 5.78 Å². The fourth-order valence-corrected chi connectivity index (χ4v) is 0.351. The molecule has 0 aliphatic rings. The quantitative estimate of drug-likeness (QED) is 0.400. The van der Waals surface area contributed by atoms with Crippen LogP contribution < -0.4 is 5.73 Å². The molecular weight excluding hydrogens is 102 g/mol. The van der Waals surface area contributed by atoms with Crippen LogP contribution in [0.15, 0.2) is 0 Å². The minimum atomic E-state index is -0.222. The van der Waals surface area contributed by atoms with Crippen LogP contribution in [0.25, 0.3) is 0 Å². The smallest absolute Gasteiger partial charge is 0.206 e.